The zero-order chi connectivity index (χ0) is 23.3. The van der Waals surface area contributed by atoms with E-state index in [0.717, 1.165) is 12.1 Å². The largest absolute Gasteiger partial charge is 0.503 e. The SMILES string of the molecule is CO/N=C(/c1ccc(NC(=O)c2nccc(OC)c2O)cc1)c1ccc(C(F)(F)F)cc1. The number of amides is 1. The normalized spacial score (nSPS) is 11.7. The Morgan fingerprint density at radius 1 is 1.00 bits per heavy atom. The number of aromatic hydroxyl groups is 1. The average Bonchev–Trinajstić information content (AvgIpc) is 2.78. The second-order valence-electron chi connectivity index (χ2n) is 6.44. The van der Waals surface area contributed by atoms with E-state index in [4.69, 9.17) is 9.57 Å². The molecule has 0 saturated carbocycles. The fourth-order valence-electron chi connectivity index (χ4n) is 2.85. The van der Waals surface area contributed by atoms with E-state index in [-0.39, 0.29) is 17.2 Å². The van der Waals surface area contributed by atoms with Gasteiger partial charge in [0.15, 0.2) is 17.2 Å². The number of methoxy groups -OCH3 is 1. The summed E-state index contributed by atoms with van der Waals surface area (Å²) >= 11 is 0. The summed E-state index contributed by atoms with van der Waals surface area (Å²) in [5.41, 5.74) is 0.692. The zero-order valence-corrected chi connectivity index (χ0v) is 17.0. The maximum atomic E-state index is 12.8. The maximum absolute atomic E-state index is 12.8. The molecule has 0 bridgehead atoms. The van der Waals surface area contributed by atoms with Crippen molar-refractivity contribution in [1.82, 2.24) is 4.98 Å². The number of nitrogens with one attached hydrogen (secondary N) is 1. The third kappa shape index (κ3) is 4.97. The number of aromatic nitrogens is 1. The lowest BCUT2D eigenvalue weighted by atomic mass is 10.0. The van der Waals surface area contributed by atoms with Crippen LogP contribution in [0.15, 0.2) is 65.9 Å². The van der Waals surface area contributed by atoms with E-state index in [1.165, 1.54) is 38.6 Å². The third-order valence-electron chi connectivity index (χ3n) is 4.41. The number of benzene rings is 2. The predicted molar refractivity (Wildman–Crippen MR) is 111 cm³/mol. The van der Waals surface area contributed by atoms with E-state index in [1.807, 2.05) is 0 Å². The fourth-order valence-corrected chi connectivity index (χ4v) is 2.85. The van der Waals surface area contributed by atoms with Gasteiger partial charge in [0.2, 0.25) is 0 Å². The first-order valence-electron chi connectivity index (χ1n) is 9.17. The van der Waals surface area contributed by atoms with Gasteiger partial charge in [0.1, 0.15) is 12.8 Å². The number of anilines is 1. The number of hydrogen-bond acceptors (Lipinski definition) is 6. The Hall–Kier alpha value is -4.08. The minimum Gasteiger partial charge on any atom is -0.503 e. The summed E-state index contributed by atoms with van der Waals surface area (Å²) in [6, 6.07) is 12.3. The van der Waals surface area contributed by atoms with E-state index in [0.29, 0.717) is 22.5 Å². The lowest BCUT2D eigenvalue weighted by molar-refractivity contribution is -0.137. The maximum Gasteiger partial charge on any atom is 0.416 e. The van der Waals surface area contributed by atoms with Gasteiger partial charge in [-0.25, -0.2) is 4.98 Å². The van der Waals surface area contributed by atoms with Crippen molar-refractivity contribution in [3.63, 3.8) is 0 Å². The Kier molecular flexibility index (Phi) is 6.62. The summed E-state index contributed by atoms with van der Waals surface area (Å²) in [7, 11) is 2.68. The van der Waals surface area contributed by atoms with E-state index < -0.39 is 17.6 Å². The molecule has 0 aliphatic heterocycles. The number of oxime groups is 1. The molecule has 7 nitrogen and oxygen atoms in total. The molecule has 0 spiro atoms. The first-order valence-corrected chi connectivity index (χ1v) is 9.17. The van der Waals surface area contributed by atoms with Crippen LogP contribution in [0.5, 0.6) is 11.5 Å². The Bertz CT molecular complexity index is 1130. The highest BCUT2D eigenvalue weighted by molar-refractivity contribution is 6.13. The van der Waals surface area contributed by atoms with Gasteiger partial charge in [0.25, 0.3) is 5.91 Å². The minimum atomic E-state index is -4.44. The van der Waals surface area contributed by atoms with E-state index >= 15 is 0 Å². The third-order valence-corrected chi connectivity index (χ3v) is 4.41. The molecule has 1 amide bonds. The van der Waals surface area contributed by atoms with Crippen molar-refractivity contribution in [2.24, 2.45) is 5.16 Å². The van der Waals surface area contributed by atoms with Gasteiger partial charge in [0, 0.05) is 29.1 Å². The summed E-state index contributed by atoms with van der Waals surface area (Å²) < 4.78 is 43.4. The monoisotopic (exact) mass is 445 g/mol. The van der Waals surface area contributed by atoms with Crippen LogP contribution in [0.4, 0.5) is 18.9 Å². The van der Waals surface area contributed by atoms with Gasteiger partial charge >= 0.3 is 6.18 Å². The smallest absolute Gasteiger partial charge is 0.416 e. The van der Waals surface area contributed by atoms with Crippen molar-refractivity contribution in [2.75, 3.05) is 19.5 Å². The first-order chi connectivity index (χ1) is 15.2. The van der Waals surface area contributed by atoms with Crippen LogP contribution in [-0.2, 0) is 11.0 Å². The molecule has 0 saturated heterocycles. The zero-order valence-electron chi connectivity index (χ0n) is 17.0. The number of ether oxygens (including phenoxy) is 1. The standard InChI is InChI=1S/C22H18F3N3O4/c1-31-17-11-12-26-19(20(17)29)21(30)27-16-9-5-14(6-10-16)18(28-32-2)13-3-7-15(8-4-13)22(23,24)25/h3-12,29H,1-2H3,(H,27,30)/b28-18+. The first kappa shape index (κ1) is 22.6. The topological polar surface area (TPSA) is 93.0 Å². The van der Waals surface area contributed by atoms with Crippen LogP contribution >= 0.6 is 0 Å². The van der Waals surface area contributed by atoms with Crippen LogP contribution in [0.25, 0.3) is 0 Å². The summed E-state index contributed by atoms with van der Waals surface area (Å²) in [6.07, 6.45) is -3.11. The van der Waals surface area contributed by atoms with Gasteiger partial charge < -0.3 is 20.0 Å². The average molecular weight is 445 g/mol. The highest BCUT2D eigenvalue weighted by Gasteiger charge is 2.30. The summed E-state index contributed by atoms with van der Waals surface area (Å²) in [5.74, 6) is -0.930. The number of carbonyl (C=O) groups is 1. The van der Waals surface area contributed by atoms with E-state index in [2.05, 4.69) is 15.5 Å². The van der Waals surface area contributed by atoms with Crippen molar-refractivity contribution >= 4 is 17.3 Å². The molecule has 0 aliphatic carbocycles. The van der Waals surface area contributed by atoms with Crippen LogP contribution in [0.3, 0.4) is 0 Å². The number of rotatable bonds is 6. The van der Waals surface area contributed by atoms with Crippen LogP contribution in [0.1, 0.15) is 27.2 Å². The number of halogens is 3. The Morgan fingerprint density at radius 2 is 1.59 bits per heavy atom. The predicted octanol–water partition coefficient (Wildman–Crippen LogP) is 4.47. The molecule has 0 fully saturated rings. The van der Waals surface area contributed by atoms with Crippen LogP contribution < -0.4 is 10.1 Å². The van der Waals surface area contributed by atoms with Crippen LogP contribution in [0.2, 0.25) is 0 Å². The van der Waals surface area contributed by atoms with E-state index in [1.54, 1.807) is 24.3 Å². The summed E-state index contributed by atoms with van der Waals surface area (Å²) in [4.78, 5) is 21.1. The number of alkyl halides is 3. The molecule has 0 unspecified atom stereocenters. The van der Waals surface area contributed by atoms with Gasteiger partial charge in [-0.15, -0.1) is 0 Å². The lowest BCUT2D eigenvalue weighted by Gasteiger charge is -2.11. The number of nitrogens with zero attached hydrogens (tertiary/aromatic N) is 2. The lowest BCUT2D eigenvalue weighted by Crippen LogP contribution is -2.14. The van der Waals surface area contributed by atoms with Crippen LogP contribution in [-0.4, -0.2) is 35.9 Å². The van der Waals surface area contributed by atoms with E-state index in [9.17, 15) is 23.1 Å². The van der Waals surface area contributed by atoms with Gasteiger partial charge in [-0.1, -0.05) is 29.4 Å². The second kappa shape index (κ2) is 9.38. The Labute approximate surface area is 181 Å². The van der Waals surface area contributed by atoms with Crippen LogP contribution in [0, 0.1) is 0 Å². The van der Waals surface area contributed by atoms with Gasteiger partial charge in [-0.05, 0) is 24.3 Å². The molecular weight excluding hydrogens is 427 g/mol. The second-order valence-corrected chi connectivity index (χ2v) is 6.44. The molecule has 1 aromatic heterocycles. The molecule has 10 heteroatoms. The van der Waals surface area contributed by atoms with Gasteiger partial charge in [0.05, 0.1) is 12.7 Å². The molecule has 3 aromatic rings. The number of carbonyl (C=O) groups excluding carboxylic acids is 1. The molecule has 0 atom stereocenters. The van der Waals surface area contributed by atoms with Crippen molar-refractivity contribution in [3.8, 4) is 11.5 Å². The van der Waals surface area contributed by atoms with Crippen molar-refractivity contribution in [3.05, 3.63) is 83.2 Å². The Morgan fingerprint density at radius 3 is 2.12 bits per heavy atom. The molecule has 2 aromatic carbocycles. The molecule has 0 aliphatic rings. The summed E-state index contributed by atoms with van der Waals surface area (Å²) in [6.45, 7) is 0. The molecule has 1 heterocycles. The Balaban J connectivity index is 1.81. The minimum absolute atomic E-state index is 0.109. The number of pyridine rings is 1. The summed E-state index contributed by atoms with van der Waals surface area (Å²) in [5, 5.41) is 16.6. The van der Waals surface area contributed by atoms with Gasteiger partial charge in [-0.3, -0.25) is 4.79 Å². The molecule has 2 N–H and O–H groups in total. The fraction of sp³-hybridized carbons (Fsp3) is 0.136. The van der Waals surface area contributed by atoms with Crippen molar-refractivity contribution in [1.29, 1.82) is 0 Å². The highest BCUT2D eigenvalue weighted by atomic mass is 19.4. The molecule has 166 valence electrons. The molecule has 0 radical (unpaired) electrons. The van der Waals surface area contributed by atoms with Crippen molar-refractivity contribution in [2.45, 2.75) is 6.18 Å². The van der Waals surface area contributed by atoms with Crippen molar-refractivity contribution < 1.29 is 32.6 Å². The molecule has 3 rings (SSSR count). The highest BCUT2D eigenvalue weighted by Crippen LogP contribution is 2.30. The number of hydrogen-bond donors (Lipinski definition) is 2. The van der Waals surface area contributed by atoms with Gasteiger partial charge in [-0.2, -0.15) is 13.2 Å². The molecule has 32 heavy (non-hydrogen) atoms. The quantitative estimate of drug-likeness (QED) is 0.432. The molecular formula is C22H18F3N3O4.